The van der Waals surface area contributed by atoms with Gasteiger partial charge in [0.15, 0.2) is 0 Å². The van der Waals surface area contributed by atoms with Crippen molar-refractivity contribution in [1.29, 1.82) is 0 Å². The van der Waals surface area contributed by atoms with Crippen LogP contribution in [0, 0.1) is 11.3 Å². The summed E-state index contributed by atoms with van der Waals surface area (Å²) in [7, 11) is 0. The maximum atomic E-state index is 11.2. The van der Waals surface area contributed by atoms with E-state index in [1.165, 1.54) is 32.1 Å². The van der Waals surface area contributed by atoms with Crippen LogP contribution in [0.25, 0.3) is 0 Å². The van der Waals surface area contributed by atoms with Crippen LogP contribution in [0.15, 0.2) is 0 Å². The minimum atomic E-state index is -1.85. The Morgan fingerprint density at radius 2 is 1.18 bits per heavy atom. The SMILES string of the molecule is CCCCCCCCCCCC(C(=O)[O-])(C(=O)[O-])C(C)C.[Ba+2]. The number of carboxylic acids is 2. The minimum absolute atomic E-state index is 0. The van der Waals surface area contributed by atoms with Crippen molar-refractivity contribution in [3.63, 3.8) is 0 Å². The van der Waals surface area contributed by atoms with Crippen molar-refractivity contribution in [1.82, 2.24) is 0 Å². The van der Waals surface area contributed by atoms with Gasteiger partial charge in [-0.3, -0.25) is 0 Å². The quantitative estimate of drug-likeness (QED) is 0.250. The average molecular weight is 436 g/mol. The summed E-state index contributed by atoms with van der Waals surface area (Å²) in [6.07, 6.45) is 9.98. The van der Waals surface area contributed by atoms with Crippen LogP contribution >= 0.6 is 0 Å². The second-order valence-electron chi connectivity index (χ2n) is 6.28. The van der Waals surface area contributed by atoms with E-state index in [1.807, 2.05) is 0 Å². The monoisotopic (exact) mass is 436 g/mol. The molecule has 0 aliphatic carbocycles. The number of hydrogen-bond donors (Lipinski definition) is 0. The Balaban J connectivity index is 0. The van der Waals surface area contributed by atoms with Crippen molar-refractivity contribution in [2.75, 3.05) is 0 Å². The summed E-state index contributed by atoms with van der Waals surface area (Å²) in [6, 6.07) is 0. The zero-order chi connectivity index (χ0) is 16.3. The maximum Gasteiger partial charge on any atom is 2.00 e. The van der Waals surface area contributed by atoms with Crippen LogP contribution < -0.4 is 10.2 Å². The van der Waals surface area contributed by atoms with E-state index >= 15 is 0 Å². The molecule has 0 bridgehead atoms. The molecule has 124 valence electrons. The van der Waals surface area contributed by atoms with E-state index in [1.54, 1.807) is 13.8 Å². The van der Waals surface area contributed by atoms with Gasteiger partial charge in [0.05, 0.1) is 17.4 Å². The molecule has 0 N–H and O–H groups in total. The van der Waals surface area contributed by atoms with Crippen LogP contribution in [0.2, 0.25) is 0 Å². The molecule has 0 rings (SSSR count). The van der Waals surface area contributed by atoms with Gasteiger partial charge in [-0.05, 0) is 12.3 Å². The van der Waals surface area contributed by atoms with Gasteiger partial charge in [-0.15, -0.1) is 0 Å². The average Bonchev–Trinajstić information content (AvgIpc) is 2.39. The van der Waals surface area contributed by atoms with Crippen LogP contribution in [0.5, 0.6) is 0 Å². The standard InChI is InChI=1S/C17H32O4.Ba/c1-4-5-6-7-8-9-10-11-12-13-17(14(2)3,15(18)19)16(20)21;/h14H,4-13H2,1-3H3,(H,18,19)(H,20,21);/q;+2/p-2. The molecule has 4 nitrogen and oxygen atoms in total. The molecule has 0 saturated heterocycles. The molecule has 0 aromatic rings. The summed E-state index contributed by atoms with van der Waals surface area (Å²) >= 11 is 0. The van der Waals surface area contributed by atoms with Gasteiger partial charge in [0.2, 0.25) is 0 Å². The van der Waals surface area contributed by atoms with Crippen LogP contribution in [0.3, 0.4) is 0 Å². The smallest absolute Gasteiger partial charge is 0.549 e. The second kappa shape index (κ2) is 13.9. The Bertz CT molecular complexity index is 302. The number of unbranched alkanes of at least 4 members (excludes halogenated alkanes) is 8. The van der Waals surface area contributed by atoms with Gasteiger partial charge >= 0.3 is 48.9 Å². The molecule has 0 atom stereocenters. The molecule has 0 unspecified atom stereocenters. The third kappa shape index (κ3) is 8.39. The van der Waals surface area contributed by atoms with Gasteiger partial charge in [-0.2, -0.15) is 0 Å². The van der Waals surface area contributed by atoms with E-state index in [-0.39, 0.29) is 55.3 Å². The van der Waals surface area contributed by atoms with Crippen LogP contribution in [0.4, 0.5) is 0 Å². The van der Waals surface area contributed by atoms with Gasteiger partial charge < -0.3 is 19.8 Å². The fraction of sp³-hybridized carbons (Fsp3) is 0.882. The number of carbonyl (C=O) groups is 2. The van der Waals surface area contributed by atoms with Crippen LogP contribution in [0.1, 0.15) is 85.0 Å². The molecule has 0 spiro atoms. The van der Waals surface area contributed by atoms with E-state index in [0.717, 1.165) is 19.3 Å². The normalized spacial score (nSPS) is 11.3. The number of hydrogen-bond acceptors (Lipinski definition) is 4. The van der Waals surface area contributed by atoms with Gasteiger partial charge in [-0.25, -0.2) is 0 Å². The molecule has 0 amide bonds. The first kappa shape index (κ1) is 24.8. The van der Waals surface area contributed by atoms with Crippen molar-refractivity contribution < 1.29 is 19.8 Å². The maximum absolute atomic E-state index is 11.2. The van der Waals surface area contributed by atoms with Gasteiger partial charge in [0.1, 0.15) is 0 Å². The van der Waals surface area contributed by atoms with E-state index in [2.05, 4.69) is 6.92 Å². The van der Waals surface area contributed by atoms with E-state index in [0.29, 0.717) is 6.42 Å². The van der Waals surface area contributed by atoms with E-state index < -0.39 is 23.3 Å². The Labute approximate surface area is 175 Å². The summed E-state index contributed by atoms with van der Waals surface area (Å²) in [5.74, 6) is -3.56. The predicted molar refractivity (Wildman–Crippen MR) is 84.9 cm³/mol. The summed E-state index contributed by atoms with van der Waals surface area (Å²) in [5.41, 5.74) is -1.85. The molecule has 22 heavy (non-hydrogen) atoms. The first-order chi connectivity index (χ1) is 9.89. The van der Waals surface area contributed by atoms with Gasteiger partial charge in [-0.1, -0.05) is 78.6 Å². The summed E-state index contributed by atoms with van der Waals surface area (Å²) in [4.78, 5) is 22.5. The first-order valence-corrected chi connectivity index (χ1v) is 8.32. The third-order valence-corrected chi connectivity index (χ3v) is 4.39. The predicted octanol–water partition coefficient (Wildman–Crippen LogP) is 1.67. The fourth-order valence-electron chi connectivity index (χ4n) is 2.76. The number of carbonyl (C=O) groups excluding carboxylic acids is 2. The third-order valence-electron chi connectivity index (χ3n) is 4.39. The van der Waals surface area contributed by atoms with Crippen molar-refractivity contribution in [3.8, 4) is 0 Å². The van der Waals surface area contributed by atoms with Crippen LogP contribution in [-0.4, -0.2) is 60.8 Å². The Morgan fingerprint density at radius 1 is 0.818 bits per heavy atom. The van der Waals surface area contributed by atoms with Crippen LogP contribution in [-0.2, 0) is 9.59 Å². The van der Waals surface area contributed by atoms with E-state index in [9.17, 15) is 19.8 Å². The van der Waals surface area contributed by atoms with Gasteiger partial charge in [0, 0.05) is 0 Å². The first-order valence-electron chi connectivity index (χ1n) is 8.32. The summed E-state index contributed by atoms with van der Waals surface area (Å²) in [6.45, 7) is 5.38. The molecule has 0 aromatic heterocycles. The Morgan fingerprint density at radius 3 is 1.50 bits per heavy atom. The molecule has 0 radical (unpaired) electrons. The molecule has 5 heteroatoms. The molecule has 0 aliphatic rings. The summed E-state index contributed by atoms with van der Waals surface area (Å²) in [5, 5.41) is 22.5. The Hall–Kier alpha value is 0.511. The number of aliphatic carboxylic acids is 2. The van der Waals surface area contributed by atoms with Crippen molar-refractivity contribution in [2.24, 2.45) is 11.3 Å². The Kier molecular flexibility index (Phi) is 15.7. The molecular weight excluding hydrogens is 406 g/mol. The molecule has 0 aliphatic heterocycles. The number of rotatable bonds is 13. The molecule has 0 fully saturated rings. The topological polar surface area (TPSA) is 80.3 Å². The van der Waals surface area contributed by atoms with Crippen molar-refractivity contribution in [2.45, 2.75) is 85.0 Å². The molecular formula is C17H30BaO4. The summed E-state index contributed by atoms with van der Waals surface area (Å²) < 4.78 is 0. The second-order valence-corrected chi connectivity index (χ2v) is 6.28. The fourth-order valence-corrected chi connectivity index (χ4v) is 2.76. The van der Waals surface area contributed by atoms with Crippen molar-refractivity contribution >= 4 is 60.8 Å². The molecule has 0 heterocycles. The molecule has 0 saturated carbocycles. The van der Waals surface area contributed by atoms with Crippen molar-refractivity contribution in [3.05, 3.63) is 0 Å². The largest absolute Gasteiger partial charge is 2.00 e. The zero-order valence-electron chi connectivity index (χ0n) is 14.5. The minimum Gasteiger partial charge on any atom is -0.549 e. The molecule has 0 aromatic carbocycles. The number of carboxylic acid groups (broad SMARTS) is 2. The van der Waals surface area contributed by atoms with Gasteiger partial charge in [0.25, 0.3) is 0 Å². The zero-order valence-corrected chi connectivity index (χ0v) is 18.9. The van der Waals surface area contributed by atoms with E-state index in [4.69, 9.17) is 0 Å².